The third-order valence-corrected chi connectivity index (χ3v) is 4.40. The number of likely N-dealkylation sites (tertiary alicyclic amines) is 1. The molecule has 2 amide bonds. The zero-order valence-electron chi connectivity index (χ0n) is 14.7. The lowest BCUT2D eigenvalue weighted by molar-refractivity contribution is -0.134. The largest absolute Gasteiger partial charge is 0.497 e. The molecule has 1 saturated heterocycles. The van der Waals surface area contributed by atoms with Crippen molar-refractivity contribution in [3.05, 3.63) is 24.3 Å². The van der Waals surface area contributed by atoms with Crippen LogP contribution in [0.4, 0.5) is 5.69 Å². The molecule has 2 rings (SSSR count). The Kier molecular flexibility index (Phi) is 6.61. The summed E-state index contributed by atoms with van der Waals surface area (Å²) in [5.74, 6) is 1.18. The van der Waals surface area contributed by atoms with Crippen LogP contribution in [0.25, 0.3) is 0 Å². The molecular formula is C18H27N3O3. The Bertz CT molecular complexity index is 568. The molecule has 1 aromatic carbocycles. The molecular weight excluding hydrogens is 306 g/mol. The highest BCUT2D eigenvalue weighted by atomic mass is 16.5. The van der Waals surface area contributed by atoms with Crippen molar-refractivity contribution in [3.63, 3.8) is 0 Å². The Labute approximate surface area is 143 Å². The fraction of sp³-hybridized carbons (Fsp3) is 0.556. The molecule has 24 heavy (non-hydrogen) atoms. The Morgan fingerprint density at radius 2 is 2.04 bits per heavy atom. The van der Waals surface area contributed by atoms with Crippen LogP contribution in [0.2, 0.25) is 0 Å². The number of anilines is 1. The summed E-state index contributed by atoms with van der Waals surface area (Å²) in [6.07, 6.45) is 2.26. The number of likely N-dealkylation sites (N-methyl/N-ethyl adjacent to an activating group) is 1. The minimum Gasteiger partial charge on any atom is -0.497 e. The summed E-state index contributed by atoms with van der Waals surface area (Å²) in [5.41, 5.74) is 0.658. The van der Waals surface area contributed by atoms with E-state index in [2.05, 4.69) is 17.1 Å². The maximum Gasteiger partial charge on any atom is 0.243 e. The summed E-state index contributed by atoms with van der Waals surface area (Å²) in [6, 6.07) is 7.15. The highest BCUT2D eigenvalue weighted by Crippen LogP contribution is 2.17. The van der Waals surface area contributed by atoms with Crippen molar-refractivity contribution in [3.8, 4) is 5.75 Å². The monoisotopic (exact) mass is 333 g/mol. The number of carbonyl (C=O) groups is 2. The molecule has 6 nitrogen and oxygen atoms in total. The second-order valence-electron chi connectivity index (χ2n) is 6.49. The van der Waals surface area contributed by atoms with Crippen LogP contribution in [0.5, 0.6) is 5.75 Å². The van der Waals surface area contributed by atoms with Crippen LogP contribution < -0.4 is 10.1 Å². The van der Waals surface area contributed by atoms with Gasteiger partial charge in [0.2, 0.25) is 11.8 Å². The van der Waals surface area contributed by atoms with Crippen LogP contribution in [0, 0.1) is 5.92 Å². The highest BCUT2D eigenvalue weighted by Gasteiger charge is 2.20. The molecule has 132 valence electrons. The van der Waals surface area contributed by atoms with Crippen molar-refractivity contribution in [1.29, 1.82) is 0 Å². The van der Waals surface area contributed by atoms with Gasteiger partial charge in [-0.15, -0.1) is 0 Å². The topological polar surface area (TPSA) is 61.9 Å². The molecule has 0 radical (unpaired) electrons. The number of rotatable bonds is 6. The molecule has 1 aliphatic rings. The lowest BCUT2D eigenvalue weighted by Gasteiger charge is -2.30. The fourth-order valence-electron chi connectivity index (χ4n) is 2.74. The molecule has 0 aromatic heterocycles. The maximum atomic E-state index is 12.3. The van der Waals surface area contributed by atoms with E-state index in [0.29, 0.717) is 18.0 Å². The Morgan fingerprint density at radius 1 is 1.33 bits per heavy atom. The number of benzene rings is 1. The smallest absolute Gasteiger partial charge is 0.243 e. The summed E-state index contributed by atoms with van der Waals surface area (Å²) >= 11 is 0. The van der Waals surface area contributed by atoms with Crippen LogP contribution in [-0.2, 0) is 9.59 Å². The van der Waals surface area contributed by atoms with E-state index in [1.54, 1.807) is 32.4 Å². The Morgan fingerprint density at radius 3 is 2.71 bits per heavy atom. The van der Waals surface area contributed by atoms with Gasteiger partial charge in [-0.25, -0.2) is 0 Å². The second-order valence-corrected chi connectivity index (χ2v) is 6.49. The molecule has 1 N–H and O–H groups in total. The van der Waals surface area contributed by atoms with E-state index in [4.69, 9.17) is 4.74 Å². The predicted octanol–water partition coefficient (Wildman–Crippen LogP) is 1.82. The first-order valence-corrected chi connectivity index (χ1v) is 8.38. The first-order chi connectivity index (χ1) is 11.5. The number of ether oxygens (including phenoxy) is 1. The van der Waals surface area contributed by atoms with Gasteiger partial charge in [0.25, 0.3) is 0 Å². The molecule has 0 spiro atoms. The third kappa shape index (κ3) is 5.53. The summed E-state index contributed by atoms with van der Waals surface area (Å²) in [6.45, 7) is 4.58. The lowest BCUT2D eigenvalue weighted by Crippen LogP contribution is -2.44. The molecule has 0 unspecified atom stereocenters. The van der Waals surface area contributed by atoms with Gasteiger partial charge in [0.05, 0.1) is 20.2 Å². The van der Waals surface area contributed by atoms with E-state index in [0.717, 1.165) is 31.8 Å². The highest BCUT2D eigenvalue weighted by molar-refractivity contribution is 5.94. The number of carbonyl (C=O) groups excluding carboxylic acids is 2. The van der Waals surface area contributed by atoms with Crippen molar-refractivity contribution < 1.29 is 14.3 Å². The van der Waals surface area contributed by atoms with E-state index in [9.17, 15) is 9.59 Å². The minimum absolute atomic E-state index is 0.0228. The van der Waals surface area contributed by atoms with Crippen LogP contribution >= 0.6 is 0 Å². The molecule has 1 fully saturated rings. The zero-order valence-corrected chi connectivity index (χ0v) is 14.7. The van der Waals surface area contributed by atoms with E-state index < -0.39 is 0 Å². The molecule has 0 bridgehead atoms. The molecule has 6 heteroatoms. The standard InChI is InChI=1S/C18H27N3O3/c1-14-7-9-21(10-8-14)13-18(23)20(2)12-17(22)19-15-5-4-6-16(11-15)24-3/h4-6,11,14H,7-10,12-13H2,1-3H3,(H,19,22). The second kappa shape index (κ2) is 8.68. The van der Waals surface area contributed by atoms with Crippen LogP contribution in [-0.4, -0.2) is 62.0 Å². The first kappa shape index (κ1) is 18.3. The molecule has 1 aromatic rings. The van der Waals surface area contributed by atoms with Crippen molar-refractivity contribution in [1.82, 2.24) is 9.80 Å². The fourth-order valence-corrected chi connectivity index (χ4v) is 2.74. The van der Waals surface area contributed by atoms with Gasteiger partial charge in [0, 0.05) is 18.8 Å². The Hall–Kier alpha value is -2.08. The van der Waals surface area contributed by atoms with E-state index in [1.165, 1.54) is 4.90 Å². The van der Waals surface area contributed by atoms with Gasteiger partial charge in [-0.05, 0) is 44.0 Å². The summed E-state index contributed by atoms with van der Waals surface area (Å²) in [5, 5.41) is 2.79. The molecule has 0 aliphatic carbocycles. The quantitative estimate of drug-likeness (QED) is 0.863. The van der Waals surface area contributed by atoms with Crippen molar-refractivity contribution in [2.45, 2.75) is 19.8 Å². The number of nitrogens with zero attached hydrogens (tertiary/aromatic N) is 2. The Balaban J connectivity index is 1.78. The van der Waals surface area contributed by atoms with Crippen molar-refractivity contribution in [2.75, 3.05) is 45.7 Å². The molecule has 0 atom stereocenters. The number of amides is 2. The summed E-state index contributed by atoms with van der Waals surface area (Å²) in [7, 11) is 3.24. The third-order valence-electron chi connectivity index (χ3n) is 4.40. The van der Waals surface area contributed by atoms with Gasteiger partial charge in [-0.3, -0.25) is 14.5 Å². The SMILES string of the molecule is COc1cccc(NC(=O)CN(C)C(=O)CN2CCC(C)CC2)c1. The maximum absolute atomic E-state index is 12.3. The van der Waals surface area contributed by atoms with E-state index in [-0.39, 0.29) is 18.4 Å². The van der Waals surface area contributed by atoms with Gasteiger partial charge in [0.1, 0.15) is 5.75 Å². The van der Waals surface area contributed by atoms with E-state index in [1.807, 2.05) is 6.07 Å². The van der Waals surface area contributed by atoms with Crippen LogP contribution in [0.3, 0.4) is 0 Å². The first-order valence-electron chi connectivity index (χ1n) is 8.38. The zero-order chi connectivity index (χ0) is 17.5. The number of nitrogens with one attached hydrogen (secondary N) is 1. The molecule has 1 aliphatic heterocycles. The van der Waals surface area contributed by atoms with Crippen molar-refractivity contribution >= 4 is 17.5 Å². The predicted molar refractivity (Wildman–Crippen MR) is 94.1 cm³/mol. The number of piperidine rings is 1. The van der Waals surface area contributed by atoms with Crippen molar-refractivity contribution in [2.24, 2.45) is 5.92 Å². The van der Waals surface area contributed by atoms with Gasteiger partial charge in [-0.2, -0.15) is 0 Å². The number of hydrogen-bond acceptors (Lipinski definition) is 4. The van der Waals surface area contributed by atoms with E-state index >= 15 is 0 Å². The van der Waals surface area contributed by atoms with Crippen LogP contribution in [0.1, 0.15) is 19.8 Å². The van der Waals surface area contributed by atoms with Gasteiger partial charge in [0.15, 0.2) is 0 Å². The van der Waals surface area contributed by atoms with Gasteiger partial charge >= 0.3 is 0 Å². The molecule has 1 heterocycles. The number of methoxy groups -OCH3 is 1. The molecule has 0 saturated carbocycles. The normalized spacial score (nSPS) is 15.8. The minimum atomic E-state index is -0.216. The summed E-state index contributed by atoms with van der Waals surface area (Å²) < 4.78 is 5.13. The van der Waals surface area contributed by atoms with Gasteiger partial charge in [-0.1, -0.05) is 13.0 Å². The summed E-state index contributed by atoms with van der Waals surface area (Å²) in [4.78, 5) is 28.0. The lowest BCUT2D eigenvalue weighted by atomic mass is 9.99. The van der Waals surface area contributed by atoms with Crippen LogP contribution in [0.15, 0.2) is 24.3 Å². The average molecular weight is 333 g/mol. The van der Waals surface area contributed by atoms with Gasteiger partial charge < -0.3 is 15.0 Å². The number of hydrogen-bond donors (Lipinski definition) is 1. The average Bonchev–Trinajstić information content (AvgIpc) is 2.56.